The van der Waals surface area contributed by atoms with Crippen LogP contribution in [0.25, 0.3) is 6.08 Å². The zero-order valence-electron chi connectivity index (χ0n) is 11.3. The maximum Gasteiger partial charge on any atom is 0.368 e. The van der Waals surface area contributed by atoms with Gasteiger partial charge in [-0.05, 0) is 11.6 Å². The van der Waals surface area contributed by atoms with Crippen LogP contribution >= 0.6 is 0 Å². The smallest absolute Gasteiger partial charge is 0.312 e. The molecule has 0 bridgehead atoms. The van der Waals surface area contributed by atoms with Crippen LogP contribution in [0.5, 0.6) is 0 Å². The van der Waals surface area contributed by atoms with Gasteiger partial charge in [-0.3, -0.25) is 0 Å². The molecule has 0 spiro atoms. The molecule has 3 rings (SSSR count). The number of hydrogen-bond donors (Lipinski definition) is 0. The molecule has 0 aliphatic carbocycles. The molecule has 1 aliphatic rings. The van der Waals surface area contributed by atoms with Crippen molar-refractivity contribution in [3.63, 3.8) is 0 Å². The maximum absolute atomic E-state index is 11.8. The fourth-order valence-corrected chi connectivity index (χ4v) is 2.05. The summed E-state index contributed by atoms with van der Waals surface area (Å²) < 4.78 is 0. The molecule has 0 saturated heterocycles. The molecule has 21 heavy (non-hydrogen) atoms. The molecule has 3 heteroatoms. The summed E-state index contributed by atoms with van der Waals surface area (Å²) in [5, 5.41) is 3.86. The van der Waals surface area contributed by atoms with E-state index < -0.39 is 5.97 Å². The van der Waals surface area contributed by atoms with Crippen molar-refractivity contribution in [1.29, 1.82) is 0 Å². The standard InChI is InChI=1S/C18H13NO2/c20-18-16(13-7-10-14-8-3-1-4-9-14)17(19-21-18)15-11-5-2-6-12-15/h1-13H/b10-7-,16-13-. The molecule has 2 aromatic rings. The highest BCUT2D eigenvalue weighted by Crippen LogP contribution is 2.18. The minimum atomic E-state index is -0.424. The molecular formula is C18H13NO2. The van der Waals surface area contributed by atoms with Crippen molar-refractivity contribution in [2.75, 3.05) is 0 Å². The van der Waals surface area contributed by atoms with E-state index >= 15 is 0 Å². The maximum atomic E-state index is 11.8. The van der Waals surface area contributed by atoms with E-state index in [1.165, 1.54) is 0 Å². The van der Waals surface area contributed by atoms with Crippen LogP contribution in [-0.2, 0) is 9.63 Å². The second kappa shape index (κ2) is 6.01. The van der Waals surface area contributed by atoms with Gasteiger partial charge in [0.2, 0.25) is 0 Å². The lowest BCUT2D eigenvalue weighted by Crippen LogP contribution is -2.06. The fourth-order valence-electron chi connectivity index (χ4n) is 2.05. The molecule has 2 aromatic carbocycles. The average Bonchev–Trinajstić information content (AvgIpc) is 2.91. The predicted molar refractivity (Wildman–Crippen MR) is 82.6 cm³/mol. The predicted octanol–water partition coefficient (Wildman–Crippen LogP) is 3.59. The number of carbonyl (C=O) groups is 1. The third kappa shape index (κ3) is 2.98. The Kier molecular flexibility index (Phi) is 3.74. The number of carbonyl (C=O) groups excluding carboxylic acids is 1. The minimum absolute atomic E-state index is 0.424. The van der Waals surface area contributed by atoms with Crippen molar-refractivity contribution in [3.05, 3.63) is 89.5 Å². The Morgan fingerprint density at radius 2 is 1.57 bits per heavy atom. The summed E-state index contributed by atoms with van der Waals surface area (Å²) in [6.45, 7) is 0. The Morgan fingerprint density at radius 1 is 0.905 bits per heavy atom. The van der Waals surface area contributed by atoms with Gasteiger partial charge in [-0.15, -0.1) is 0 Å². The molecule has 1 aliphatic heterocycles. The monoisotopic (exact) mass is 275 g/mol. The summed E-state index contributed by atoms with van der Waals surface area (Å²) in [4.78, 5) is 16.5. The van der Waals surface area contributed by atoms with Gasteiger partial charge in [0.25, 0.3) is 0 Å². The summed E-state index contributed by atoms with van der Waals surface area (Å²) in [5.41, 5.74) is 2.97. The molecule has 0 saturated carbocycles. The Hall–Kier alpha value is -2.94. The topological polar surface area (TPSA) is 38.7 Å². The first kappa shape index (κ1) is 13.1. The molecule has 0 unspecified atom stereocenters. The normalized spacial score (nSPS) is 16.3. The van der Waals surface area contributed by atoms with Crippen molar-refractivity contribution >= 4 is 17.8 Å². The lowest BCUT2D eigenvalue weighted by molar-refractivity contribution is -0.136. The van der Waals surface area contributed by atoms with E-state index in [0.717, 1.165) is 11.1 Å². The van der Waals surface area contributed by atoms with Crippen LogP contribution < -0.4 is 0 Å². The van der Waals surface area contributed by atoms with E-state index in [1.807, 2.05) is 72.8 Å². The average molecular weight is 275 g/mol. The first-order valence-electron chi connectivity index (χ1n) is 6.63. The molecule has 3 nitrogen and oxygen atoms in total. The first-order chi connectivity index (χ1) is 10.3. The van der Waals surface area contributed by atoms with E-state index in [1.54, 1.807) is 6.08 Å². The third-order valence-electron chi connectivity index (χ3n) is 3.09. The van der Waals surface area contributed by atoms with Gasteiger partial charge in [0, 0.05) is 5.56 Å². The number of benzene rings is 2. The second-order valence-corrected chi connectivity index (χ2v) is 4.53. The SMILES string of the molecule is O=C1ON=C(c2ccccc2)/C1=C/C=C\c1ccccc1. The van der Waals surface area contributed by atoms with Crippen molar-refractivity contribution < 1.29 is 9.63 Å². The van der Waals surface area contributed by atoms with Crippen LogP contribution in [0.1, 0.15) is 11.1 Å². The zero-order chi connectivity index (χ0) is 14.5. The van der Waals surface area contributed by atoms with Crippen LogP contribution in [0, 0.1) is 0 Å². The highest BCUT2D eigenvalue weighted by atomic mass is 16.7. The molecular weight excluding hydrogens is 262 g/mol. The van der Waals surface area contributed by atoms with Crippen molar-refractivity contribution in [3.8, 4) is 0 Å². The number of hydrogen-bond acceptors (Lipinski definition) is 3. The summed E-state index contributed by atoms with van der Waals surface area (Å²) in [5.74, 6) is -0.424. The third-order valence-corrected chi connectivity index (χ3v) is 3.09. The lowest BCUT2D eigenvalue weighted by atomic mass is 10.0. The minimum Gasteiger partial charge on any atom is -0.312 e. The van der Waals surface area contributed by atoms with Crippen LogP contribution in [0.4, 0.5) is 0 Å². The molecule has 0 fully saturated rings. The molecule has 0 aromatic heterocycles. The van der Waals surface area contributed by atoms with Gasteiger partial charge >= 0.3 is 5.97 Å². The van der Waals surface area contributed by atoms with Gasteiger partial charge in [0.1, 0.15) is 5.71 Å². The molecule has 1 heterocycles. The van der Waals surface area contributed by atoms with Crippen LogP contribution in [0.3, 0.4) is 0 Å². The van der Waals surface area contributed by atoms with E-state index in [0.29, 0.717) is 11.3 Å². The molecule has 102 valence electrons. The number of allylic oxidation sites excluding steroid dienone is 2. The number of oxime groups is 1. The van der Waals surface area contributed by atoms with Crippen molar-refractivity contribution in [2.45, 2.75) is 0 Å². The van der Waals surface area contributed by atoms with Crippen molar-refractivity contribution in [1.82, 2.24) is 0 Å². The van der Waals surface area contributed by atoms with Gasteiger partial charge in [0.15, 0.2) is 0 Å². The summed E-state index contributed by atoms with van der Waals surface area (Å²) in [6, 6.07) is 19.4. The quantitative estimate of drug-likeness (QED) is 0.634. The summed E-state index contributed by atoms with van der Waals surface area (Å²) >= 11 is 0. The number of rotatable bonds is 3. The van der Waals surface area contributed by atoms with Crippen molar-refractivity contribution in [2.24, 2.45) is 5.16 Å². The van der Waals surface area contributed by atoms with Gasteiger partial charge < -0.3 is 4.84 Å². The van der Waals surface area contributed by atoms with Crippen LogP contribution in [0.15, 0.2) is 83.5 Å². The zero-order valence-corrected chi connectivity index (χ0v) is 11.3. The Morgan fingerprint density at radius 3 is 2.29 bits per heavy atom. The van der Waals surface area contributed by atoms with Gasteiger partial charge in [0.05, 0.1) is 5.57 Å². The fraction of sp³-hybridized carbons (Fsp3) is 0. The lowest BCUT2D eigenvalue weighted by Gasteiger charge is -1.98. The van der Waals surface area contributed by atoms with E-state index in [4.69, 9.17) is 4.84 Å². The van der Waals surface area contributed by atoms with Crippen LogP contribution in [0.2, 0.25) is 0 Å². The largest absolute Gasteiger partial charge is 0.368 e. The van der Waals surface area contributed by atoms with Gasteiger partial charge in [-0.2, -0.15) is 0 Å². The van der Waals surface area contributed by atoms with E-state index in [9.17, 15) is 4.79 Å². The van der Waals surface area contributed by atoms with Crippen LogP contribution in [-0.4, -0.2) is 11.7 Å². The first-order valence-corrected chi connectivity index (χ1v) is 6.63. The highest BCUT2D eigenvalue weighted by molar-refractivity contribution is 6.29. The van der Waals surface area contributed by atoms with Gasteiger partial charge in [-0.1, -0.05) is 78.0 Å². The number of nitrogens with zero attached hydrogens (tertiary/aromatic N) is 1. The highest BCUT2D eigenvalue weighted by Gasteiger charge is 2.25. The summed E-state index contributed by atoms with van der Waals surface area (Å²) in [7, 11) is 0. The molecule has 0 atom stereocenters. The molecule has 0 radical (unpaired) electrons. The van der Waals surface area contributed by atoms with Gasteiger partial charge in [-0.25, -0.2) is 4.79 Å². The Bertz CT molecular complexity index is 728. The van der Waals surface area contributed by atoms with E-state index in [2.05, 4.69) is 5.16 Å². The second-order valence-electron chi connectivity index (χ2n) is 4.53. The molecule has 0 amide bonds. The van der Waals surface area contributed by atoms with E-state index in [-0.39, 0.29) is 0 Å². The Labute approximate surface area is 122 Å². The molecule has 0 N–H and O–H groups in total. The summed E-state index contributed by atoms with van der Waals surface area (Å²) in [6.07, 6.45) is 5.49. The Balaban J connectivity index is 1.86.